The number of aliphatic imine (C=N–C) groups is 1. The molecule has 1 heterocycles. The number of aromatic hydroxyl groups is 1. The number of rotatable bonds is 5. The standard InChI is InChI=1S/C19H16FN3O4/c1-2-27-15-9-7-14(8-10-15)23-18(25)16(17(24)22-19(23)26)11-21-13-5-3-12(20)4-6-13/h3-11,25H,2H2,1H3,(H,22,24,26). The van der Waals surface area contributed by atoms with Crippen LogP contribution in [-0.2, 0) is 0 Å². The van der Waals surface area contributed by atoms with E-state index in [0.717, 1.165) is 10.8 Å². The van der Waals surface area contributed by atoms with Crippen LogP contribution in [0.25, 0.3) is 5.69 Å². The van der Waals surface area contributed by atoms with Gasteiger partial charge in [0.2, 0.25) is 5.88 Å². The molecule has 138 valence electrons. The fourth-order valence-electron chi connectivity index (χ4n) is 2.42. The number of aromatic nitrogens is 2. The van der Waals surface area contributed by atoms with Gasteiger partial charge < -0.3 is 9.84 Å². The Kier molecular flexibility index (Phi) is 5.16. The number of benzene rings is 2. The molecule has 2 aromatic carbocycles. The van der Waals surface area contributed by atoms with Crippen LogP contribution in [0, 0.1) is 5.82 Å². The predicted molar refractivity (Wildman–Crippen MR) is 99.1 cm³/mol. The van der Waals surface area contributed by atoms with E-state index in [1.54, 1.807) is 24.3 Å². The molecule has 27 heavy (non-hydrogen) atoms. The second-order valence-corrected chi connectivity index (χ2v) is 5.49. The molecular formula is C19H16FN3O4. The van der Waals surface area contributed by atoms with Crippen LogP contribution < -0.4 is 16.0 Å². The Hall–Kier alpha value is -3.68. The van der Waals surface area contributed by atoms with Gasteiger partial charge in [-0.15, -0.1) is 0 Å². The molecule has 8 heteroatoms. The normalized spacial score (nSPS) is 11.0. The van der Waals surface area contributed by atoms with Gasteiger partial charge in [-0.1, -0.05) is 0 Å². The molecule has 1 aromatic heterocycles. The van der Waals surface area contributed by atoms with Gasteiger partial charge in [-0.3, -0.25) is 14.8 Å². The Labute approximate surface area is 153 Å². The molecule has 0 unspecified atom stereocenters. The molecule has 0 atom stereocenters. The highest BCUT2D eigenvalue weighted by Crippen LogP contribution is 2.19. The van der Waals surface area contributed by atoms with Crippen LogP contribution in [0.1, 0.15) is 12.5 Å². The van der Waals surface area contributed by atoms with Gasteiger partial charge in [0, 0.05) is 6.21 Å². The van der Waals surface area contributed by atoms with Crippen LogP contribution in [-0.4, -0.2) is 27.5 Å². The highest BCUT2D eigenvalue weighted by atomic mass is 19.1. The van der Waals surface area contributed by atoms with Gasteiger partial charge in [0.1, 0.15) is 17.1 Å². The SMILES string of the molecule is CCOc1ccc(-n2c(O)c(C=Nc3ccc(F)cc3)c(=O)[nH]c2=O)cc1. The first-order valence-electron chi connectivity index (χ1n) is 8.10. The van der Waals surface area contributed by atoms with E-state index in [0.29, 0.717) is 23.7 Å². The second kappa shape index (κ2) is 7.69. The summed E-state index contributed by atoms with van der Waals surface area (Å²) in [6, 6.07) is 11.7. The average Bonchev–Trinajstić information content (AvgIpc) is 2.64. The average molecular weight is 369 g/mol. The van der Waals surface area contributed by atoms with Gasteiger partial charge in [0.25, 0.3) is 5.56 Å². The monoisotopic (exact) mass is 369 g/mol. The Morgan fingerprint density at radius 1 is 1.15 bits per heavy atom. The lowest BCUT2D eigenvalue weighted by atomic mass is 10.2. The maximum Gasteiger partial charge on any atom is 0.335 e. The minimum atomic E-state index is -0.791. The summed E-state index contributed by atoms with van der Waals surface area (Å²) >= 11 is 0. The van der Waals surface area contributed by atoms with Crippen LogP contribution >= 0.6 is 0 Å². The van der Waals surface area contributed by atoms with Crippen molar-refractivity contribution in [3.8, 4) is 17.3 Å². The van der Waals surface area contributed by atoms with Gasteiger partial charge in [-0.2, -0.15) is 0 Å². The molecule has 0 spiro atoms. The molecular weight excluding hydrogens is 353 g/mol. The molecule has 0 amide bonds. The molecule has 0 saturated carbocycles. The van der Waals surface area contributed by atoms with E-state index in [9.17, 15) is 19.1 Å². The van der Waals surface area contributed by atoms with Gasteiger partial charge in [0.15, 0.2) is 0 Å². The van der Waals surface area contributed by atoms with Gasteiger partial charge in [-0.25, -0.2) is 13.8 Å². The molecule has 0 aliphatic rings. The first-order valence-corrected chi connectivity index (χ1v) is 8.10. The summed E-state index contributed by atoms with van der Waals surface area (Å²) in [5, 5.41) is 10.5. The molecule has 0 aliphatic carbocycles. The summed E-state index contributed by atoms with van der Waals surface area (Å²) in [6.45, 7) is 2.34. The maximum atomic E-state index is 12.9. The van der Waals surface area contributed by atoms with Crippen LogP contribution in [0.3, 0.4) is 0 Å². The maximum absolute atomic E-state index is 12.9. The zero-order chi connectivity index (χ0) is 19.4. The first kappa shape index (κ1) is 18.1. The van der Waals surface area contributed by atoms with E-state index in [4.69, 9.17) is 4.74 Å². The van der Waals surface area contributed by atoms with Gasteiger partial charge >= 0.3 is 5.69 Å². The highest BCUT2D eigenvalue weighted by Gasteiger charge is 2.14. The molecule has 7 nitrogen and oxygen atoms in total. The predicted octanol–water partition coefficient (Wildman–Crippen LogP) is 2.52. The largest absolute Gasteiger partial charge is 0.494 e. The zero-order valence-corrected chi connectivity index (χ0v) is 14.3. The summed E-state index contributed by atoms with van der Waals surface area (Å²) < 4.78 is 19.2. The van der Waals surface area contributed by atoms with E-state index < -0.39 is 22.9 Å². The number of nitrogens with one attached hydrogen (secondary N) is 1. The third-order valence-electron chi connectivity index (χ3n) is 3.70. The summed E-state index contributed by atoms with van der Waals surface area (Å²) in [4.78, 5) is 30.4. The molecule has 0 aliphatic heterocycles. The molecule has 3 rings (SSSR count). The second-order valence-electron chi connectivity index (χ2n) is 5.49. The van der Waals surface area contributed by atoms with Crippen molar-refractivity contribution in [2.45, 2.75) is 6.92 Å². The van der Waals surface area contributed by atoms with E-state index in [1.807, 2.05) is 6.92 Å². The number of H-pyrrole nitrogens is 1. The lowest BCUT2D eigenvalue weighted by molar-refractivity contribution is 0.340. The van der Waals surface area contributed by atoms with Crippen molar-refractivity contribution in [2.24, 2.45) is 4.99 Å². The van der Waals surface area contributed by atoms with E-state index >= 15 is 0 Å². The summed E-state index contributed by atoms with van der Waals surface area (Å²) in [7, 11) is 0. The van der Waals surface area contributed by atoms with Crippen LogP contribution in [0.2, 0.25) is 0 Å². The van der Waals surface area contributed by atoms with Crippen molar-refractivity contribution >= 4 is 11.9 Å². The number of ether oxygens (including phenoxy) is 1. The fraction of sp³-hybridized carbons (Fsp3) is 0.105. The van der Waals surface area contributed by atoms with Gasteiger partial charge in [0.05, 0.1) is 18.0 Å². The van der Waals surface area contributed by atoms with E-state index in [1.165, 1.54) is 24.3 Å². The van der Waals surface area contributed by atoms with Crippen molar-refractivity contribution < 1.29 is 14.2 Å². The molecule has 0 saturated heterocycles. The van der Waals surface area contributed by atoms with Crippen LogP contribution in [0.4, 0.5) is 10.1 Å². The first-order chi connectivity index (χ1) is 13.0. The zero-order valence-electron chi connectivity index (χ0n) is 14.3. The van der Waals surface area contributed by atoms with Crippen LogP contribution in [0.15, 0.2) is 63.1 Å². The Bertz CT molecular complexity index is 1080. The number of halogens is 1. The van der Waals surface area contributed by atoms with Gasteiger partial charge in [-0.05, 0) is 55.5 Å². The number of hydrogen-bond acceptors (Lipinski definition) is 5. The number of hydrogen-bond donors (Lipinski definition) is 2. The van der Waals surface area contributed by atoms with Crippen molar-refractivity contribution in [1.82, 2.24) is 9.55 Å². The quantitative estimate of drug-likeness (QED) is 0.676. The summed E-state index contributed by atoms with van der Waals surface area (Å²) in [6.07, 6.45) is 1.12. The Balaban J connectivity index is 2.03. The lowest BCUT2D eigenvalue weighted by Gasteiger charge is -2.10. The molecule has 0 fully saturated rings. The third-order valence-corrected chi connectivity index (χ3v) is 3.70. The minimum absolute atomic E-state index is 0.201. The Morgan fingerprint density at radius 3 is 2.44 bits per heavy atom. The topological polar surface area (TPSA) is 96.7 Å². The van der Waals surface area contributed by atoms with Crippen molar-refractivity contribution in [3.63, 3.8) is 0 Å². The third kappa shape index (κ3) is 3.95. The lowest BCUT2D eigenvalue weighted by Crippen LogP contribution is -2.31. The highest BCUT2D eigenvalue weighted by molar-refractivity contribution is 5.84. The number of aromatic amines is 1. The number of nitrogens with zero attached hydrogens (tertiary/aromatic N) is 2. The Morgan fingerprint density at radius 2 is 1.81 bits per heavy atom. The summed E-state index contributed by atoms with van der Waals surface area (Å²) in [5.74, 6) is -0.367. The molecule has 2 N–H and O–H groups in total. The summed E-state index contributed by atoms with van der Waals surface area (Å²) in [5.41, 5.74) is -1.05. The van der Waals surface area contributed by atoms with Crippen molar-refractivity contribution in [2.75, 3.05) is 6.61 Å². The van der Waals surface area contributed by atoms with E-state index in [-0.39, 0.29) is 5.56 Å². The molecule has 0 radical (unpaired) electrons. The molecule has 0 bridgehead atoms. The molecule has 3 aromatic rings. The van der Waals surface area contributed by atoms with Crippen LogP contribution in [0.5, 0.6) is 11.6 Å². The minimum Gasteiger partial charge on any atom is -0.494 e. The van der Waals surface area contributed by atoms with Crippen molar-refractivity contribution in [1.29, 1.82) is 0 Å². The van der Waals surface area contributed by atoms with Crippen molar-refractivity contribution in [3.05, 3.63) is 80.7 Å². The smallest absolute Gasteiger partial charge is 0.335 e. The van der Waals surface area contributed by atoms with E-state index in [2.05, 4.69) is 9.98 Å². The fourth-order valence-corrected chi connectivity index (χ4v) is 2.42.